The number of aliphatic hydroxyl groups excluding tert-OH is 4. The third-order valence-corrected chi connectivity index (χ3v) is 1.91. The molecule has 1 rings (SSSR count). The zero-order valence-corrected chi connectivity index (χ0v) is 6.37. The lowest BCUT2D eigenvalue weighted by molar-refractivity contribution is -0.131. The smallest absolute Gasteiger partial charge is 0.184 e. The van der Waals surface area contributed by atoms with Gasteiger partial charge in [0.2, 0.25) is 0 Å². The van der Waals surface area contributed by atoms with E-state index in [1.807, 2.05) is 0 Å². The molecular formula is C6H13NO5. The number of hydrogen-bond donors (Lipinski definition) is 5. The fourth-order valence-electron chi connectivity index (χ4n) is 1.14. The van der Waals surface area contributed by atoms with Crippen LogP contribution in [0.15, 0.2) is 0 Å². The minimum atomic E-state index is -1.43. The number of rotatable bonds is 2. The standard InChI is InChI=1S/C6H13NO5/c7-2(1-8)5-3(9)4(10)6(11)12-5/h2-6,8-11H,1,7H2/t2-,3+,4-,5+,6?/m1/s1. The summed E-state index contributed by atoms with van der Waals surface area (Å²) in [5, 5.41) is 35.7. The largest absolute Gasteiger partial charge is 0.395 e. The van der Waals surface area contributed by atoms with E-state index < -0.39 is 30.6 Å². The summed E-state index contributed by atoms with van der Waals surface area (Å²) in [5.74, 6) is 0. The molecule has 5 atom stereocenters. The summed E-state index contributed by atoms with van der Waals surface area (Å²) < 4.78 is 4.71. The highest BCUT2D eigenvalue weighted by Gasteiger charge is 2.44. The molecule has 0 spiro atoms. The van der Waals surface area contributed by atoms with Gasteiger partial charge in [-0.2, -0.15) is 0 Å². The summed E-state index contributed by atoms with van der Waals surface area (Å²) in [6, 6.07) is -0.799. The van der Waals surface area contributed by atoms with E-state index in [2.05, 4.69) is 0 Å². The maximum atomic E-state index is 9.20. The van der Waals surface area contributed by atoms with Crippen molar-refractivity contribution in [3.8, 4) is 0 Å². The average molecular weight is 179 g/mol. The maximum absolute atomic E-state index is 9.20. The number of hydrogen-bond acceptors (Lipinski definition) is 6. The first kappa shape index (κ1) is 9.85. The predicted octanol–water partition coefficient (Wildman–Crippen LogP) is -3.25. The van der Waals surface area contributed by atoms with E-state index in [4.69, 9.17) is 25.8 Å². The number of nitrogens with two attached hydrogens (primary N) is 1. The van der Waals surface area contributed by atoms with Crippen molar-refractivity contribution in [2.45, 2.75) is 30.6 Å². The molecule has 0 aliphatic carbocycles. The Bertz CT molecular complexity index is 155. The van der Waals surface area contributed by atoms with Crippen LogP contribution < -0.4 is 5.73 Å². The van der Waals surface area contributed by atoms with Gasteiger partial charge < -0.3 is 30.9 Å². The first-order valence-corrected chi connectivity index (χ1v) is 3.64. The van der Waals surface area contributed by atoms with E-state index >= 15 is 0 Å². The van der Waals surface area contributed by atoms with Gasteiger partial charge in [0.15, 0.2) is 6.29 Å². The molecule has 12 heavy (non-hydrogen) atoms. The normalized spacial score (nSPS) is 44.8. The van der Waals surface area contributed by atoms with Gasteiger partial charge in [0, 0.05) is 0 Å². The maximum Gasteiger partial charge on any atom is 0.184 e. The van der Waals surface area contributed by atoms with E-state index in [-0.39, 0.29) is 6.61 Å². The fraction of sp³-hybridized carbons (Fsp3) is 1.00. The van der Waals surface area contributed by atoms with Crippen LogP contribution in [0.4, 0.5) is 0 Å². The SMILES string of the molecule is N[C@H](CO)[C@@H]1OC(O)[C@H](O)[C@@H]1O. The Morgan fingerprint density at radius 2 is 1.83 bits per heavy atom. The molecule has 6 N–H and O–H groups in total. The Morgan fingerprint density at radius 1 is 1.25 bits per heavy atom. The highest BCUT2D eigenvalue weighted by atomic mass is 16.6. The molecule has 1 aliphatic rings. The molecule has 0 aromatic heterocycles. The summed E-state index contributed by atoms with van der Waals surface area (Å²) in [7, 11) is 0. The minimum absolute atomic E-state index is 0.374. The Morgan fingerprint density at radius 3 is 2.17 bits per heavy atom. The van der Waals surface area contributed by atoms with Gasteiger partial charge in [-0.3, -0.25) is 0 Å². The summed E-state index contributed by atoms with van der Waals surface area (Å²) in [6.07, 6.45) is -4.95. The van der Waals surface area contributed by atoms with Crippen LogP contribution in [0, 0.1) is 0 Å². The molecule has 6 heteroatoms. The third-order valence-electron chi connectivity index (χ3n) is 1.91. The number of aliphatic hydroxyl groups is 4. The lowest BCUT2D eigenvalue weighted by Crippen LogP contribution is -2.45. The summed E-state index contributed by atoms with van der Waals surface area (Å²) in [4.78, 5) is 0. The first-order valence-electron chi connectivity index (χ1n) is 3.64. The monoisotopic (exact) mass is 179 g/mol. The molecule has 0 saturated carbocycles. The Hall–Kier alpha value is -0.240. The molecule has 1 aliphatic heterocycles. The molecule has 1 fully saturated rings. The summed E-state index contributed by atoms with van der Waals surface area (Å²) in [5.41, 5.74) is 5.34. The van der Waals surface area contributed by atoms with Gasteiger partial charge in [0.05, 0.1) is 12.6 Å². The van der Waals surface area contributed by atoms with Gasteiger partial charge in [-0.1, -0.05) is 0 Å². The highest BCUT2D eigenvalue weighted by Crippen LogP contribution is 2.20. The number of ether oxygens (including phenoxy) is 1. The van der Waals surface area contributed by atoms with E-state index in [1.165, 1.54) is 0 Å². The van der Waals surface area contributed by atoms with E-state index in [0.29, 0.717) is 0 Å². The molecular weight excluding hydrogens is 166 g/mol. The molecule has 0 radical (unpaired) electrons. The molecule has 1 heterocycles. The second kappa shape index (κ2) is 3.65. The van der Waals surface area contributed by atoms with Crippen molar-refractivity contribution in [2.24, 2.45) is 5.73 Å². The molecule has 0 amide bonds. The Balaban J connectivity index is 2.58. The van der Waals surface area contributed by atoms with Gasteiger partial charge in [-0.05, 0) is 0 Å². The second-order valence-electron chi connectivity index (χ2n) is 2.82. The van der Waals surface area contributed by atoms with Crippen LogP contribution in [0.2, 0.25) is 0 Å². The fourth-order valence-corrected chi connectivity index (χ4v) is 1.14. The van der Waals surface area contributed by atoms with Gasteiger partial charge in [-0.25, -0.2) is 0 Å². The van der Waals surface area contributed by atoms with Crippen molar-refractivity contribution in [1.29, 1.82) is 0 Å². The summed E-state index contributed by atoms with van der Waals surface area (Å²) in [6.45, 7) is -0.374. The zero-order chi connectivity index (χ0) is 9.30. The Kier molecular flexibility index (Phi) is 2.99. The van der Waals surface area contributed by atoms with Crippen molar-refractivity contribution in [3.63, 3.8) is 0 Å². The van der Waals surface area contributed by atoms with Crippen LogP contribution in [0.5, 0.6) is 0 Å². The molecule has 0 bridgehead atoms. The first-order chi connectivity index (χ1) is 5.57. The van der Waals surface area contributed by atoms with Gasteiger partial charge in [0.1, 0.15) is 18.3 Å². The molecule has 72 valence electrons. The lowest BCUT2D eigenvalue weighted by Gasteiger charge is -2.19. The topological polar surface area (TPSA) is 116 Å². The lowest BCUT2D eigenvalue weighted by atomic mass is 10.1. The van der Waals surface area contributed by atoms with Crippen molar-refractivity contribution in [2.75, 3.05) is 6.61 Å². The van der Waals surface area contributed by atoms with Crippen LogP contribution in [0.25, 0.3) is 0 Å². The highest BCUT2D eigenvalue weighted by molar-refractivity contribution is 4.91. The van der Waals surface area contributed by atoms with Crippen LogP contribution in [0.1, 0.15) is 0 Å². The predicted molar refractivity (Wildman–Crippen MR) is 38.0 cm³/mol. The van der Waals surface area contributed by atoms with Gasteiger partial charge in [-0.15, -0.1) is 0 Å². The van der Waals surface area contributed by atoms with Crippen LogP contribution >= 0.6 is 0 Å². The quantitative estimate of drug-likeness (QED) is 0.304. The van der Waals surface area contributed by atoms with E-state index in [9.17, 15) is 5.11 Å². The van der Waals surface area contributed by atoms with Crippen LogP contribution in [0.3, 0.4) is 0 Å². The molecule has 1 unspecified atom stereocenters. The molecule has 1 saturated heterocycles. The van der Waals surface area contributed by atoms with Crippen molar-refractivity contribution >= 4 is 0 Å². The van der Waals surface area contributed by atoms with E-state index in [0.717, 1.165) is 0 Å². The van der Waals surface area contributed by atoms with Crippen molar-refractivity contribution < 1.29 is 25.2 Å². The molecule has 6 nitrogen and oxygen atoms in total. The third kappa shape index (κ3) is 1.58. The van der Waals surface area contributed by atoms with Crippen LogP contribution in [-0.4, -0.2) is 57.7 Å². The minimum Gasteiger partial charge on any atom is -0.395 e. The van der Waals surface area contributed by atoms with Crippen molar-refractivity contribution in [3.05, 3.63) is 0 Å². The second-order valence-corrected chi connectivity index (χ2v) is 2.82. The van der Waals surface area contributed by atoms with Gasteiger partial charge >= 0.3 is 0 Å². The molecule has 0 aromatic carbocycles. The van der Waals surface area contributed by atoms with Crippen LogP contribution in [-0.2, 0) is 4.74 Å². The van der Waals surface area contributed by atoms with Crippen molar-refractivity contribution in [1.82, 2.24) is 0 Å². The average Bonchev–Trinajstić information content (AvgIpc) is 2.32. The summed E-state index contributed by atoms with van der Waals surface area (Å²) >= 11 is 0. The van der Waals surface area contributed by atoms with E-state index in [1.54, 1.807) is 0 Å². The zero-order valence-electron chi connectivity index (χ0n) is 6.37. The Labute approximate surface area is 69.2 Å². The molecule has 0 aromatic rings. The van der Waals surface area contributed by atoms with Gasteiger partial charge in [0.25, 0.3) is 0 Å².